The van der Waals surface area contributed by atoms with Gasteiger partial charge in [0.05, 0.1) is 12.2 Å². The third-order valence-corrected chi connectivity index (χ3v) is 3.17. The molecule has 14 heavy (non-hydrogen) atoms. The van der Waals surface area contributed by atoms with Gasteiger partial charge in [-0.1, -0.05) is 11.6 Å². The van der Waals surface area contributed by atoms with Crippen LogP contribution in [0.2, 0.25) is 5.15 Å². The van der Waals surface area contributed by atoms with E-state index in [4.69, 9.17) is 22.1 Å². The number of fused-ring (bicyclic) bond motifs is 1. The first-order valence-corrected chi connectivity index (χ1v) is 5.27. The van der Waals surface area contributed by atoms with Gasteiger partial charge in [0, 0.05) is 18.5 Å². The van der Waals surface area contributed by atoms with Crippen LogP contribution in [0, 0.1) is 0 Å². The Morgan fingerprint density at radius 3 is 3.00 bits per heavy atom. The first-order chi connectivity index (χ1) is 6.71. The minimum Gasteiger partial charge on any atom is -0.477 e. The van der Waals surface area contributed by atoms with E-state index >= 15 is 0 Å². The van der Waals surface area contributed by atoms with E-state index in [1.165, 1.54) is 0 Å². The molecule has 0 saturated heterocycles. The van der Waals surface area contributed by atoms with E-state index in [0.717, 1.165) is 43.9 Å². The molecule has 1 aliphatic carbocycles. The fraction of sp³-hybridized carbons (Fsp3) is 0.667. The largest absolute Gasteiger partial charge is 0.477 e. The van der Waals surface area contributed by atoms with Crippen molar-refractivity contribution in [1.29, 1.82) is 0 Å². The predicted molar refractivity (Wildman–Crippen MR) is 52.4 cm³/mol. The Morgan fingerprint density at radius 2 is 2.29 bits per heavy atom. The third-order valence-electron chi connectivity index (χ3n) is 2.90. The summed E-state index contributed by atoms with van der Waals surface area (Å²) < 4.78 is 7.41. The fourth-order valence-electron chi connectivity index (χ4n) is 1.90. The molecule has 1 saturated carbocycles. The SMILES string of the molecule is NC1(c2c(Cl)nn3c2OCCC3)CC1. The van der Waals surface area contributed by atoms with Gasteiger partial charge in [0.15, 0.2) is 5.15 Å². The highest BCUT2D eigenvalue weighted by Crippen LogP contribution is 2.49. The van der Waals surface area contributed by atoms with Crippen LogP contribution in [-0.2, 0) is 12.1 Å². The number of hydrogen-bond acceptors (Lipinski definition) is 3. The molecule has 76 valence electrons. The molecule has 3 rings (SSSR count). The van der Waals surface area contributed by atoms with Gasteiger partial charge in [0.1, 0.15) is 0 Å². The topological polar surface area (TPSA) is 53.1 Å². The van der Waals surface area contributed by atoms with Crippen molar-refractivity contribution in [3.63, 3.8) is 0 Å². The van der Waals surface area contributed by atoms with Crippen LogP contribution >= 0.6 is 11.6 Å². The Balaban J connectivity index is 2.13. The number of hydrogen-bond donors (Lipinski definition) is 1. The molecule has 1 aromatic heterocycles. The van der Waals surface area contributed by atoms with Gasteiger partial charge in [-0.2, -0.15) is 5.10 Å². The predicted octanol–water partition coefficient (Wildman–Crippen LogP) is 1.27. The van der Waals surface area contributed by atoms with Crippen molar-refractivity contribution in [2.24, 2.45) is 5.73 Å². The molecule has 1 fully saturated rings. The molecule has 0 amide bonds. The summed E-state index contributed by atoms with van der Waals surface area (Å²) in [4.78, 5) is 0. The first-order valence-electron chi connectivity index (χ1n) is 4.89. The summed E-state index contributed by atoms with van der Waals surface area (Å²) in [6.07, 6.45) is 2.95. The van der Waals surface area contributed by atoms with Crippen LogP contribution in [0.25, 0.3) is 0 Å². The van der Waals surface area contributed by atoms with Crippen LogP contribution in [0.4, 0.5) is 0 Å². The number of aryl methyl sites for hydroxylation is 1. The number of rotatable bonds is 1. The Bertz CT molecular complexity index is 384. The molecule has 5 heteroatoms. The second-order valence-corrected chi connectivity index (χ2v) is 4.41. The molecule has 0 unspecified atom stereocenters. The zero-order chi connectivity index (χ0) is 9.76. The van der Waals surface area contributed by atoms with Gasteiger partial charge in [0.25, 0.3) is 0 Å². The molecule has 0 bridgehead atoms. The minimum absolute atomic E-state index is 0.262. The highest BCUT2D eigenvalue weighted by atomic mass is 35.5. The lowest BCUT2D eigenvalue weighted by atomic mass is 10.1. The van der Waals surface area contributed by atoms with E-state index < -0.39 is 0 Å². The maximum atomic E-state index is 6.12. The van der Waals surface area contributed by atoms with Crippen LogP contribution in [0.15, 0.2) is 0 Å². The number of nitrogens with zero attached hydrogens (tertiary/aromatic N) is 2. The lowest BCUT2D eigenvalue weighted by molar-refractivity contribution is 0.226. The third kappa shape index (κ3) is 1.07. The van der Waals surface area contributed by atoms with Crippen LogP contribution < -0.4 is 10.5 Å². The molecular formula is C9H12ClN3O. The van der Waals surface area contributed by atoms with Gasteiger partial charge in [-0.3, -0.25) is 0 Å². The quantitative estimate of drug-likeness (QED) is 0.765. The van der Waals surface area contributed by atoms with Crippen molar-refractivity contribution >= 4 is 11.6 Å². The summed E-state index contributed by atoms with van der Waals surface area (Å²) >= 11 is 6.07. The number of ether oxygens (including phenoxy) is 1. The Labute approximate surface area is 87.0 Å². The van der Waals surface area contributed by atoms with Crippen LogP contribution in [0.1, 0.15) is 24.8 Å². The lowest BCUT2D eigenvalue weighted by Gasteiger charge is -2.17. The summed E-state index contributed by atoms with van der Waals surface area (Å²) in [7, 11) is 0. The minimum atomic E-state index is -0.262. The molecule has 0 atom stereocenters. The summed E-state index contributed by atoms with van der Waals surface area (Å²) in [5, 5.41) is 4.75. The molecular weight excluding hydrogens is 202 g/mol. The van der Waals surface area contributed by atoms with Crippen molar-refractivity contribution in [1.82, 2.24) is 9.78 Å². The van der Waals surface area contributed by atoms with Gasteiger partial charge in [-0.25, -0.2) is 4.68 Å². The standard InChI is InChI=1S/C9H12ClN3O/c10-7-6(9(11)2-3-9)8-13(12-7)4-1-5-14-8/h1-5,11H2. The zero-order valence-electron chi connectivity index (χ0n) is 7.79. The molecule has 1 aliphatic heterocycles. The Hall–Kier alpha value is -0.740. The summed E-state index contributed by atoms with van der Waals surface area (Å²) in [6.45, 7) is 1.62. The van der Waals surface area contributed by atoms with Gasteiger partial charge in [-0.05, 0) is 12.8 Å². The molecule has 0 spiro atoms. The molecule has 4 nitrogen and oxygen atoms in total. The van der Waals surface area contributed by atoms with Crippen molar-refractivity contribution in [3.8, 4) is 5.88 Å². The van der Waals surface area contributed by atoms with E-state index in [2.05, 4.69) is 5.10 Å². The summed E-state index contributed by atoms with van der Waals surface area (Å²) in [5.74, 6) is 0.793. The van der Waals surface area contributed by atoms with Crippen molar-refractivity contribution in [2.45, 2.75) is 31.3 Å². The van der Waals surface area contributed by atoms with Crippen molar-refractivity contribution in [2.75, 3.05) is 6.61 Å². The van der Waals surface area contributed by atoms with Gasteiger partial charge in [0.2, 0.25) is 5.88 Å². The molecule has 0 aromatic carbocycles. The molecule has 2 N–H and O–H groups in total. The van der Waals surface area contributed by atoms with Crippen molar-refractivity contribution in [3.05, 3.63) is 10.7 Å². The lowest BCUT2D eigenvalue weighted by Crippen LogP contribution is -2.22. The maximum Gasteiger partial charge on any atom is 0.218 e. The van der Waals surface area contributed by atoms with Gasteiger partial charge >= 0.3 is 0 Å². The maximum absolute atomic E-state index is 6.12. The zero-order valence-corrected chi connectivity index (χ0v) is 8.55. The first kappa shape index (κ1) is 8.56. The van der Waals surface area contributed by atoms with Crippen molar-refractivity contribution < 1.29 is 4.74 Å². The summed E-state index contributed by atoms with van der Waals surface area (Å²) in [6, 6.07) is 0. The number of aromatic nitrogens is 2. The average molecular weight is 214 g/mol. The fourth-order valence-corrected chi connectivity index (χ4v) is 2.26. The normalized spacial score (nSPS) is 22.7. The van der Waals surface area contributed by atoms with E-state index in [9.17, 15) is 0 Å². The van der Waals surface area contributed by atoms with Gasteiger partial charge in [-0.15, -0.1) is 0 Å². The van der Waals surface area contributed by atoms with Crippen LogP contribution in [0.5, 0.6) is 5.88 Å². The number of nitrogens with two attached hydrogens (primary N) is 1. The Kier molecular flexibility index (Phi) is 1.61. The highest BCUT2D eigenvalue weighted by Gasteiger charge is 2.46. The van der Waals surface area contributed by atoms with E-state index in [0.29, 0.717) is 5.15 Å². The molecule has 2 heterocycles. The molecule has 0 radical (unpaired) electrons. The van der Waals surface area contributed by atoms with E-state index in [1.807, 2.05) is 4.68 Å². The summed E-state index contributed by atoms with van der Waals surface area (Å²) in [5.41, 5.74) is 6.77. The second-order valence-electron chi connectivity index (χ2n) is 4.05. The van der Waals surface area contributed by atoms with E-state index in [1.54, 1.807) is 0 Å². The van der Waals surface area contributed by atoms with Gasteiger partial charge < -0.3 is 10.5 Å². The molecule has 1 aromatic rings. The monoisotopic (exact) mass is 213 g/mol. The van der Waals surface area contributed by atoms with Crippen LogP contribution in [0.3, 0.4) is 0 Å². The Morgan fingerprint density at radius 1 is 1.50 bits per heavy atom. The number of halogens is 1. The smallest absolute Gasteiger partial charge is 0.218 e. The molecule has 2 aliphatic rings. The van der Waals surface area contributed by atoms with E-state index in [-0.39, 0.29) is 5.54 Å². The second kappa shape index (κ2) is 2.64. The highest BCUT2D eigenvalue weighted by molar-refractivity contribution is 6.30. The average Bonchev–Trinajstić information content (AvgIpc) is 2.79. The van der Waals surface area contributed by atoms with Crippen LogP contribution in [-0.4, -0.2) is 16.4 Å².